The first-order valence-electron chi connectivity index (χ1n) is 20.3. The molecule has 0 bridgehead atoms. The highest BCUT2D eigenvalue weighted by Gasteiger charge is 2.20. The van der Waals surface area contributed by atoms with Crippen LogP contribution >= 0.6 is 34.8 Å². The van der Waals surface area contributed by atoms with Crippen LogP contribution in [0, 0.1) is 6.92 Å². The van der Waals surface area contributed by atoms with Crippen molar-refractivity contribution in [2.45, 2.75) is 39.2 Å². The van der Waals surface area contributed by atoms with Crippen molar-refractivity contribution in [3.8, 4) is 11.5 Å². The number of para-hydroxylation sites is 1. The number of hydrogen-bond donors (Lipinski definition) is 1. The Bertz CT molecular complexity index is 2220. The molecule has 2 aliphatic rings. The third kappa shape index (κ3) is 10.9. The fraction of sp³-hybridized carbons (Fsp3) is 0.409. The number of piperazine rings is 2. The number of anilines is 2. The summed E-state index contributed by atoms with van der Waals surface area (Å²) in [5, 5.41) is 20.0. The number of aromatic nitrogens is 4. The van der Waals surface area contributed by atoms with Crippen LogP contribution in [0.25, 0.3) is 11.0 Å². The summed E-state index contributed by atoms with van der Waals surface area (Å²) in [7, 11) is 0. The van der Waals surface area contributed by atoms with Gasteiger partial charge in [-0.3, -0.25) is 9.80 Å². The highest BCUT2D eigenvalue weighted by Crippen LogP contribution is 2.33. The molecule has 0 spiro atoms. The van der Waals surface area contributed by atoms with Crippen LogP contribution in [0.15, 0.2) is 91.5 Å². The Hall–Kier alpha value is -4.23. The zero-order chi connectivity index (χ0) is 40.3. The summed E-state index contributed by atoms with van der Waals surface area (Å²) in [6.45, 7) is 13.9. The van der Waals surface area contributed by atoms with Gasteiger partial charge in [-0.2, -0.15) is 10.2 Å². The van der Waals surface area contributed by atoms with Crippen molar-refractivity contribution in [1.82, 2.24) is 29.0 Å². The molecule has 4 aromatic heterocycles. The van der Waals surface area contributed by atoms with E-state index in [9.17, 15) is 5.11 Å². The van der Waals surface area contributed by atoms with E-state index in [0.717, 1.165) is 148 Å². The fourth-order valence-electron chi connectivity index (χ4n) is 7.52. The molecule has 0 atom stereocenters. The van der Waals surface area contributed by atoms with Crippen LogP contribution in [0.4, 0.5) is 11.4 Å². The van der Waals surface area contributed by atoms with E-state index in [1.807, 2.05) is 77.7 Å². The molecule has 8 rings (SSSR count). The van der Waals surface area contributed by atoms with Gasteiger partial charge in [-0.25, -0.2) is 9.03 Å². The minimum Gasteiger partial charge on any atom is -0.493 e. The zero-order valence-electron chi connectivity index (χ0n) is 33.2. The quantitative estimate of drug-likeness (QED) is 0.103. The standard InChI is InChI=1S/C22H26Cl2N4O.C22H27ClN4O2/c1-17-16-25-28-9-7-18(15-21(17)28)29-14-3-2-8-26-10-12-27(13-11-26)20-6-4-5-19(23)22(20)24;23-20-5-1-2-6-21(20)26-12-10-25(11-13-26)8-3-4-14-29-19-7-9-27-22(15-19)18(17-28)16-24-27/h4-7,9,15-16H,2-3,8,10-14H2,1H3;1-2,5-7,9,15-16,28H,3-4,8,10-14,17H2. The molecule has 2 saturated heterocycles. The molecule has 308 valence electrons. The smallest absolute Gasteiger partial charge is 0.122 e. The van der Waals surface area contributed by atoms with Gasteiger partial charge in [0.05, 0.1) is 69.7 Å². The molecule has 11 nitrogen and oxygen atoms in total. The van der Waals surface area contributed by atoms with Crippen LogP contribution in [0.3, 0.4) is 0 Å². The monoisotopic (exact) mass is 846 g/mol. The third-order valence-corrected chi connectivity index (χ3v) is 12.0. The molecule has 0 radical (unpaired) electrons. The van der Waals surface area contributed by atoms with E-state index in [0.29, 0.717) is 16.7 Å². The molecule has 0 saturated carbocycles. The molecule has 14 heteroatoms. The van der Waals surface area contributed by atoms with E-state index in [1.54, 1.807) is 10.7 Å². The summed E-state index contributed by atoms with van der Waals surface area (Å²) in [4.78, 5) is 9.72. The first-order chi connectivity index (χ1) is 28.4. The number of aliphatic hydroxyl groups excluding tert-OH is 1. The number of hydrogen-bond acceptors (Lipinski definition) is 9. The SMILES string of the molecule is Cc1cnn2ccc(OCCCCN3CCN(c4cccc(Cl)c4Cl)CC3)cc12.OCc1cnn2ccc(OCCCCN3CCN(c4ccccc4Cl)CC3)cc12. The largest absolute Gasteiger partial charge is 0.493 e. The normalized spacial score (nSPS) is 15.2. The second kappa shape index (κ2) is 20.6. The average Bonchev–Trinajstić information content (AvgIpc) is 3.84. The minimum atomic E-state index is -0.0172. The Kier molecular flexibility index (Phi) is 14.9. The number of benzene rings is 2. The Morgan fingerprint density at radius 2 is 1.14 bits per heavy atom. The molecular formula is C44H53Cl3N8O3. The molecule has 6 heterocycles. The van der Waals surface area contributed by atoms with Crippen molar-refractivity contribution in [3.05, 3.63) is 118 Å². The minimum absolute atomic E-state index is 0.0172. The number of rotatable bonds is 15. The molecule has 2 fully saturated rings. The van der Waals surface area contributed by atoms with Gasteiger partial charge >= 0.3 is 0 Å². The number of halogens is 3. The summed E-state index contributed by atoms with van der Waals surface area (Å²) in [5.41, 5.74) is 6.14. The lowest BCUT2D eigenvalue weighted by atomic mass is 10.2. The number of nitrogens with zero attached hydrogens (tertiary/aromatic N) is 8. The molecule has 6 aromatic rings. The Labute approximate surface area is 356 Å². The summed E-state index contributed by atoms with van der Waals surface area (Å²) in [6.07, 6.45) is 11.7. The van der Waals surface area contributed by atoms with Gasteiger partial charge in [0, 0.05) is 82.4 Å². The van der Waals surface area contributed by atoms with Crippen LogP contribution in [-0.4, -0.2) is 113 Å². The average molecular weight is 848 g/mol. The fourth-order valence-corrected chi connectivity index (χ4v) is 8.19. The Morgan fingerprint density at radius 1 is 0.603 bits per heavy atom. The lowest BCUT2D eigenvalue weighted by Gasteiger charge is -2.36. The first kappa shape index (κ1) is 41.9. The molecule has 58 heavy (non-hydrogen) atoms. The van der Waals surface area contributed by atoms with Crippen molar-refractivity contribution >= 4 is 57.2 Å². The van der Waals surface area contributed by atoms with Crippen LogP contribution in [0.1, 0.15) is 36.8 Å². The molecule has 1 N–H and O–H groups in total. The van der Waals surface area contributed by atoms with E-state index in [2.05, 4.69) is 48.9 Å². The molecule has 0 aliphatic carbocycles. The Balaban J connectivity index is 0.000000177. The number of ether oxygens (including phenoxy) is 2. The van der Waals surface area contributed by atoms with Gasteiger partial charge in [-0.1, -0.05) is 53.0 Å². The van der Waals surface area contributed by atoms with Crippen LogP contribution in [0.5, 0.6) is 11.5 Å². The second-order valence-corrected chi connectivity index (χ2v) is 16.0. The third-order valence-electron chi connectivity index (χ3n) is 10.9. The predicted octanol–water partition coefficient (Wildman–Crippen LogP) is 8.39. The van der Waals surface area contributed by atoms with E-state index < -0.39 is 0 Å². The molecule has 2 aromatic carbocycles. The summed E-state index contributed by atoms with van der Waals surface area (Å²) in [5.74, 6) is 1.73. The maximum absolute atomic E-state index is 9.37. The van der Waals surface area contributed by atoms with Crippen LogP contribution < -0.4 is 19.3 Å². The number of pyridine rings is 2. The number of aliphatic hydroxyl groups is 1. The van der Waals surface area contributed by atoms with Gasteiger partial charge in [0.1, 0.15) is 11.5 Å². The van der Waals surface area contributed by atoms with Gasteiger partial charge < -0.3 is 24.4 Å². The van der Waals surface area contributed by atoms with Gasteiger partial charge in [0.15, 0.2) is 0 Å². The van der Waals surface area contributed by atoms with Gasteiger partial charge in [-0.15, -0.1) is 0 Å². The molecular weight excluding hydrogens is 795 g/mol. The molecule has 2 aliphatic heterocycles. The number of aryl methyl sites for hydroxylation is 1. The van der Waals surface area contributed by atoms with Crippen molar-refractivity contribution in [2.75, 3.05) is 88.5 Å². The Morgan fingerprint density at radius 3 is 1.76 bits per heavy atom. The first-order valence-corrected chi connectivity index (χ1v) is 21.4. The zero-order valence-corrected chi connectivity index (χ0v) is 35.4. The van der Waals surface area contributed by atoms with Crippen molar-refractivity contribution in [2.24, 2.45) is 0 Å². The van der Waals surface area contributed by atoms with E-state index in [1.165, 1.54) is 0 Å². The summed E-state index contributed by atoms with van der Waals surface area (Å²) in [6, 6.07) is 21.8. The summed E-state index contributed by atoms with van der Waals surface area (Å²) < 4.78 is 15.5. The van der Waals surface area contributed by atoms with Gasteiger partial charge in [0.25, 0.3) is 0 Å². The van der Waals surface area contributed by atoms with Crippen LogP contribution in [0.2, 0.25) is 15.1 Å². The van der Waals surface area contributed by atoms with Gasteiger partial charge in [-0.05, 0) is 87.7 Å². The molecule has 0 unspecified atom stereocenters. The number of unbranched alkanes of at least 4 members (excludes halogenated alkanes) is 2. The summed E-state index contributed by atoms with van der Waals surface area (Å²) >= 11 is 18.8. The lowest BCUT2D eigenvalue weighted by Crippen LogP contribution is -2.46. The van der Waals surface area contributed by atoms with Crippen molar-refractivity contribution < 1.29 is 14.6 Å². The van der Waals surface area contributed by atoms with Crippen molar-refractivity contribution in [1.29, 1.82) is 0 Å². The highest BCUT2D eigenvalue weighted by molar-refractivity contribution is 6.43. The second-order valence-electron chi connectivity index (χ2n) is 14.8. The maximum atomic E-state index is 9.37. The number of fused-ring (bicyclic) bond motifs is 2. The van der Waals surface area contributed by atoms with Crippen molar-refractivity contribution in [3.63, 3.8) is 0 Å². The van der Waals surface area contributed by atoms with Gasteiger partial charge in [0.2, 0.25) is 0 Å². The highest BCUT2D eigenvalue weighted by atomic mass is 35.5. The lowest BCUT2D eigenvalue weighted by molar-refractivity contribution is 0.238. The topological polar surface area (TPSA) is 86.2 Å². The molecule has 0 amide bonds. The maximum Gasteiger partial charge on any atom is 0.122 e. The van der Waals surface area contributed by atoms with E-state index >= 15 is 0 Å². The predicted molar refractivity (Wildman–Crippen MR) is 236 cm³/mol. The van der Waals surface area contributed by atoms with E-state index in [4.69, 9.17) is 44.3 Å². The van der Waals surface area contributed by atoms with E-state index in [-0.39, 0.29) is 6.61 Å². The van der Waals surface area contributed by atoms with Crippen LogP contribution in [-0.2, 0) is 6.61 Å².